The van der Waals surface area contributed by atoms with E-state index < -0.39 is 6.10 Å². The maximum absolute atomic E-state index is 9.73. The highest BCUT2D eigenvalue weighted by Crippen LogP contribution is 2.35. The zero-order valence-electron chi connectivity index (χ0n) is 8.40. The van der Waals surface area contributed by atoms with Crippen LogP contribution in [0.2, 0.25) is 0 Å². The number of methoxy groups -OCH3 is 1. The Morgan fingerprint density at radius 2 is 2.20 bits per heavy atom. The highest BCUT2D eigenvalue weighted by atomic mass is 79.9. The molecule has 0 aliphatic rings. The number of hydrogen-bond donors (Lipinski definition) is 3. The van der Waals surface area contributed by atoms with Crippen molar-refractivity contribution in [3.8, 4) is 11.5 Å². The van der Waals surface area contributed by atoms with Gasteiger partial charge in [0.2, 0.25) is 0 Å². The van der Waals surface area contributed by atoms with Crippen molar-refractivity contribution in [2.45, 2.75) is 12.5 Å². The first-order chi connectivity index (χ1) is 7.10. The molecule has 0 aromatic heterocycles. The van der Waals surface area contributed by atoms with Gasteiger partial charge in [-0.1, -0.05) is 15.9 Å². The van der Waals surface area contributed by atoms with E-state index in [0.29, 0.717) is 28.8 Å². The van der Waals surface area contributed by atoms with E-state index in [0.717, 1.165) is 0 Å². The molecule has 0 amide bonds. The van der Waals surface area contributed by atoms with E-state index in [4.69, 9.17) is 10.5 Å². The summed E-state index contributed by atoms with van der Waals surface area (Å²) in [7, 11) is 1.47. The number of benzene rings is 1. The normalized spacial score (nSPS) is 12.5. The van der Waals surface area contributed by atoms with E-state index in [9.17, 15) is 10.2 Å². The van der Waals surface area contributed by atoms with Crippen LogP contribution < -0.4 is 10.5 Å². The molecule has 0 fully saturated rings. The van der Waals surface area contributed by atoms with E-state index in [2.05, 4.69) is 15.9 Å². The van der Waals surface area contributed by atoms with Gasteiger partial charge in [-0.25, -0.2) is 0 Å². The third-order valence-electron chi connectivity index (χ3n) is 2.10. The average Bonchev–Trinajstić information content (AvgIpc) is 2.21. The number of phenols is 1. The van der Waals surface area contributed by atoms with Crippen molar-refractivity contribution in [2.24, 2.45) is 5.73 Å². The molecule has 15 heavy (non-hydrogen) atoms. The SMILES string of the molecule is COc1cc(Br)c([C@H](O)CCN)cc1O. The van der Waals surface area contributed by atoms with Crippen LogP contribution in [0.25, 0.3) is 0 Å². The summed E-state index contributed by atoms with van der Waals surface area (Å²) in [4.78, 5) is 0. The highest BCUT2D eigenvalue weighted by molar-refractivity contribution is 9.10. The first-order valence-electron chi connectivity index (χ1n) is 4.54. The van der Waals surface area contributed by atoms with E-state index in [-0.39, 0.29) is 5.75 Å². The fraction of sp³-hybridized carbons (Fsp3) is 0.400. The van der Waals surface area contributed by atoms with Gasteiger partial charge in [0.15, 0.2) is 11.5 Å². The number of aliphatic hydroxyl groups is 1. The fourth-order valence-electron chi connectivity index (χ4n) is 1.29. The minimum Gasteiger partial charge on any atom is -0.504 e. The summed E-state index contributed by atoms with van der Waals surface area (Å²) in [6.07, 6.45) is -0.231. The van der Waals surface area contributed by atoms with Crippen molar-refractivity contribution in [1.82, 2.24) is 0 Å². The van der Waals surface area contributed by atoms with Crippen LogP contribution in [-0.4, -0.2) is 23.9 Å². The largest absolute Gasteiger partial charge is 0.504 e. The second-order valence-corrected chi connectivity index (χ2v) is 3.99. The summed E-state index contributed by atoms with van der Waals surface area (Å²) in [5, 5.41) is 19.3. The second-order valence-electron chi connectivity index (χ2n) is 3.14. The van der Waals surface area contributed by atoms with E-state index in [1.165, 1.54) is 13.2 Å². The molecule has 0 bridgehead atoms. The van der Waals surface area contributed by atoms with Gasteiger partial charge in [-0.15, -0.1) is 0 Å². The molecular formula is C10H14BrNO3. The van der Waals surface area contributed by atoms with Crippen LogP contribution in [-0.2, 0) is 0 Å². The molecule has 1 atom stereocenters. The molecule has 0 unspecified atom stereocenters. The molecule has 0 heterocycles. The molecule has 1 aromatic rings. The predicted molar refractivity (Wildman–Crippen MR) is 61.0 cm³/mol. The van der Waals surface area contributed by atoms with Crippen molar-refractivity contribution in [2.75, 3.05) is 13.7 Å². The van der Waals surface area contributed by atoms with Crippen molar-refractivity contribution in [3.05, 3.63) is 22.2 Å². The van der Waals surface area contributed by atoms with Gasteiger partial charge in [-0.05, 0) is 30.7 Å². The average molecular weight is 276 g/mol. The van der Waals surface area contributed by atoms with Crippen LogP contribution in [0.5, 0.6) is 11.5 Å². The van der Waals surface area contributed by atoms with Crippen LogP contribution in [0.4, 0.5) is 0 Å². The number of halogens is 1. The van der Waals surface area contributed by atoms with E-state index >= 15 is 0 Å². The number of ether oxygens (including phenoxy) is 1. The smallest absolute Gasteiger partial charge is 0.161 e. The molecule has 4 N–H and O–H groups in total. The Morgan fingerprint density at radius 3 is 2.73 bits per heavy atom. The quantitative estimate of drug-likeness (QED) is 0.779. The Morgan fingerprint density at radius 1 is 1.53 bits per heavy atom. The Kier molecular flexibility index (Phi) is 4.38. The highest BCUT2D eigenvalue weighted by Gasteiger charge is 2.14. The molecule has 0 saturated heterocycles. The lowest BCUT2D eigenvalue weighted by atomic mass is 10.1. The molecule has 1 aromatic carbocycles. The lowest BCUT2D eigenvalue weighted by Gasteiger charge is -2.13. The Hall–Kier alpha value is -0.780. The number of aromatic hydroxyl groups is 1. The Balaban J connectivity index is 3.04. The molecule has 0 saturated carbocycles. The predicted octanol–water partition coefficient (Wildman–Crippen LogP) is 1.55. The van der Waals surface area contributed by atoms with Crippen molar-refractivity contribution < 1.29 is 14.9 Å². The standard InChI is InChI=1S/C10H14BrNO3/c1-15-10-5-7(11)6(4-9(10)14)8(13)2-3-12/h4-5,8,13-14H,2-3,12H2,1H3/t8-/m1/s1. The number of aliphatic hydroxyl groups excluding tert-OH is 1. The van der Waals surface area contributed by atoms with Gasteiger partial charge in [0.05, 0.1) is 13.2 Å². The monoisotopic (exact) mass is 275 g/mol. The minimum absolute atomic E-state index is 0.00627. The van der Waals surface area contributed by atoms with Crippen LogP contribution >= 0.6 is 15.9 Å². The third-order valence-corrected chi connectivity index (χ3v) is 2.78. The number of hydrogen-bond acceptors (Lipinski definition) is 4. The number of phenolic OH excluding ortho intramolecular Hbond substituents is 1. The molecule has 1 rings (SSSR count). The summed E-state index contributed by atoms with van der Waals surface area (Å²) >= 11 is 3.30. The van der Waals surface area contributed by atoms with Gasteiger partial charge >= 0.3 is 0 Å². The summed E-state index contributed by atoms with van der Waals surface area (Å²) in [6.45, 7) is 0.389. The van der Waals surface area contributed by atoms with Crippen LogP contribution in [0.15, 0.2) is 16.6 Å². The molecule has 0 spiro atoms. The van der Waals surface area contributed by atoms with E-state index in [1.54, 1.807) is 6.07 Å². The van der Waals surface area contributed by atoms with Crippen molar-refractivity contribution in [1.29, 1.82) is 0 Å². The van der Waals surface area contributed by atoms with Crippen LogP contribution in [0, 0.1) is 0 Å². The van der Waals surface area contributed by atoms with E-state index in [1.807, 2.05) is 0 Å². The van der Waals surface area contributed by atoms with Crippen LogP contribution in [0.1, 0.15) is 18.1 Å². The first kappa shape index (κ1) is 12.3. The minimum atomic E-state index is -0.679. The van der Waals surface area contributed by atoms with Gasteiger partial charge in [0.25, 0.3) is 0 Å². The summed E-state index contributed by atoms with van der Waals surface area (Å²) in [5.41, 5.74) is 5.96. The number of rotatable bonds is 4. The summed E-state index contributed by atoms with van der Waals surface area (Å²) < 4.78 is 5.63. The molecule has 5 heteroatoms. The molecule has 0 aliphatic carbocycles. The zero-order valence-corrected chi connectivity index (χ0v) is 9.99. The number of nitrogens with two attached hydrogens (primary N) is 1. The Labute approximate surface area is 96.8 Å². The summed E-state index contributed by atoms with van der Waals surface area (Å²) in [5.74, 6) is 0.373. The van der Waals surface area contributed by atoms with Crippen molar-refractivity contribution >= 4 is 15.9 Å². The maximum Gasteiger partial charge on any atom is 0.161 e. The summed E-state index contributed by atoms with van der Waals surface area (Å²) in [6, 6.07) is 3.09. The topological polar surface area (TPSA) is 75.7 Å². The van der Waals surface area contributed by atoms with Gasteiger partial charge in [0.1, 0.15) is 0 Å². The van der Waals surface area contributed by atoms with Crippen LogP contribution in [0.3, 0.4) is 0 Å². The molecule has 84 valence electrons. The third kappa shape index (κ3) is 2.84. The van der Waals surface area contributed by atoms with Gasteiger partial charge in [-0.3, -0.25) is 0 Å². The maximum atomic E-state index is 9.73. The molecule has 0 radical (unpaired) electrons. The van der Waals surface area contributed by atoms with Gasteiger partial charge in [-0.2, -0.15) is 0 Å². The van der Waals surface area contributed by atoms with Gasteiger partial charge in [0, 0.05) is 4.47 Å². The zero-order chi connectivity index (χ0) is 11.4. The first-order valence-corrected chi connectivity index (χ1v) is 5.34. The molecule has 4 nitrogen and oxygen atoms in total. The fourth-order valence-corrected chi connectivity index (χ4v) is 1.88. The molecular weight excluding hydrogens is 262 g/mol. The van der Waals surface area contributed by atoms with Gasteiger partial charge < -0.3 is 20.7 Å². The lowest BCUT2D eigenvalue weighted by Crippen LogP contribution is -2.07. The molecule has 0 aliphatic heterocycles. The Bertz CT molecular complexity index is 344. The second kappa shape index (κ2) is 5.34. The lowest BCUT2D eigenvalue weighted by molar-refractivity contribution is 0.169. The van der Waals surface area contributed by atoms with Crippen molar-refractivity contribution in [3.63, 3.8) is 0 Å².